The fourth-order valence-corrected chi connectivity index (χ4v) is 2.64. The van der Waals surface area contributed by atoms with Crippen LogP contribution in [0.15, 0.2) is 60.7 Å². The summed E-state index contributed by atoms with van der Waals surface area (Å²) < 4.78 is 0. The zero-order valence-electron chi connectivity index (χ0n) is 12.4. The fraction of sp³-hybridized carbons (Fsp3) is 0.111. The van der Waals surface area contributed by atoms with E-state index in [0.717, 1.165) is 11.8 Å². The van der Waals surface area contributed by atoms with Crippen molar-refractivity contribution in [1.82, 2.24) is 0 Å². The minimum absolute atomic E-state index is 0.104. The molecule has 1 aliphatic heterocycles. The smallest absolute Gasteiger partial charge is 0.329 e. The highest BCUT2D eigenvalue weighted by molar-refractivity contribution is 6.07. The van der Waals surface area contributed by atoms with Gasteiger partial charge in [-0.3, -0.25) is 9.80 Å². The van der Waals surface area contributed by atoms with Crippen LogP contribution in [0.25, 0.3) is 6.08 Å². The van der Waals surface area contributed by atoms with E-state index >= 15 is 0 Å². The quantitative estimate of drug-likeness (QED) is 0.882. The standard InChI is InChI=1S/C18H16N2O3/c21-17(22)11-10-14-6-4-5-9-16(14)20-13-12-19(18(20)23)15-7-2-1-3-8-15/h1-11H,12-13H2,(H,21,22)/b11-10+. The number of carbonyl (C=O) groups is 2. The molecule has 1 heterocycles. The van der Waals surface area contributed by atoms with Crippen LogP contribution in [0.3, 0.4) is 0 Å². The van der Waals surface area contributed by atoms with E-state index in [9.17, 15) is 9.59 Å². The molecule has 23 heavy (non-hydrogen) atoms. The summed E-state index contributed by atoms with van der Waals surface area (Å²) in [5.74, 6) is -1.02. The first-order chi connectivity index (χ1) is 11.2. The summed E-state index contributed by atoms with van der Waals surface area (Å²) in [4.78, 5) is 26.8. The maximum atomic E-state index is 12.7. The lowest BCUT2D eigenvalue weighted by Gasteiger charge is -2.20. The second-order valence-electron chi connectivity index (χ2n) is 5.15. The van der Waals surface area contributed by atoms with E-state index in [1.165, 1.54) is 6.08 Å². The Morgan fingerprint density at radius 2 is 1.61 bits per heavy atom. The molecule has 0 unspecified atom stereocenters. The zero-order valence-corrected chi connectivity index (χ0v) is 12.4. The van der Waals surface area contributed by atoms with Crippen LogP contribution in [0.1, 0.15) is 5.56 Å². The molecule has 0 spiro atoms. The van der Waals surface area contributed by atoms with E-state index in [2.05, 4.69) is 0 Å². The van der Waals surface area contributed by atoms with Gasteiger partial charge in [0.2, 0.25) is 0 Å². The predicted octanol–water partition coefficient (Wildman–Crippen LogP) is 3.23. The number of benzene rings is 2. The summed E-state index contributed by atoms with van der Waals surface area (Å²) in [5.41, 5.74) is 2.28. The van der Waals surface area contributed by atoms with E-state index in [4.69, 9.17) is 5.11 Å². The van der Waals surface area contributed by atoms with Crippen LogP contribution in [0, 0.1) is 0 Å². The lowest BCUT2D eigenvalue weighted by Crippen LogP contribution is -2.32. The molecule has 5 nitrogen and oxygen atoms in total. The molecule has 1 saturated heterocycles. The molecule has 0 saturated carbocycles. The fourth-order valence-electron chi connectivity index (χ4n) is 2.64. The Morgan fingerprint density at radius 3 is 2.35 bits per heavy atom. The van der Waals surface area contributed by atoms with E-state index in [-0.39, 0.29) is 6.03 Å². The number of carboxylic acids is 1. The van der Waals surface area contributed by atoms with Gasteiger partial charge in [-0.15, -0.1) is 0 Å². The van der Waals surface area contributed by atoms with Crippen LogP contribution in [-0.4, -0.2) is 30.2 Å². The highest BCUT2D eigenvalue weighted by Crippen LogP contribution is 2.28. The van der Waals surface area contributed by atoms with E-state index in [1.54, 1.807) is 15.9 Å². The molecule has 1 N–H and O–H groups in total. The van der Waals surface area contributed by atoms with E-state index in [0.29, 0.717) is 24.3 Å². The summed E-state index contributed by atoms with van der Waals surface area (Å²) in [6.07, 6.45) is 2.59. The number of urea groups is 1. The molecule has 0 bridgehead atoms. The second kappa shape index (κ2) is 6.36. The minimum Gasteiger partial charge on any atom is -0.478 e. The van der Waals surface area contributed by atoms with Crippen molar-refractivity contribution in [3.05, 3.63) is 66.2 Å². The molecule has 5 heteroatoms. The van der Waals surface area contributed by atoms with Crippen LogP contribution in [-0.2, 0) is 4.79 Å². The van der Waals surface area contributed by atoms with Crippen molar-refractivity contribution in [3.8, 4) is 0 Å². The zero-order chi connectivity index (χ0) is 16.2. The molecule has 3 rings (SSSR count). The molecule has 116 valence electrons. The third-order valence-corrected chi connectivity index (χ3v) is 3.71. The second-order valence-corrected chi connectivity index (χ2v) is 5.15. The van der Waals surface area contributed by atoms with Gasteiger partial charge in [0.25, 0.3) is 0 Å². The van der Waals surface area contributed by atoms with E-state index < -0.39 is 5.97 Å². The maximum absolute atomic E-state index is 12.7. The molecular formula is C18H16N2O3. The van der Waals surface area contributed by atoms with Crippen molar-refractivity contribution in [2.24, 2.45) is 0 Å². The molecule has 2 aromatic carbocycles. The largest absolute Gasteiger partial charge is 0.478 e. The number of nitrogens with zero attached hydrogens (tertiary/aromatic N) is 2. The number of hydrogen-bond donors (Lipinski definition) is 1. The van der Waals surface area contributed by atoms with Gasteiger partial charge in [0, 0.05) is 24.9 Å². The molecule has 0 radical (unpaired) electrons. The molecule has 2 aromatic rings. The van der Waals surface area contributed by atoms with Gasteiger partial charge in [-0.05, 0) is 29.8 Å². The van der Waals surface area contributed by atoms with Gasteiger partial charge in [0.05, 0.1) is 5.69 Å². The molecule has 0 atom stereocenters. The SMILES string of the molecule is O=C(O)/C=C/c1ccccc1N1CCN(c2ccccc2)C1=O. The number of carboxylic acid groups (broad SMARTS) is 1. The van der Waals surface area contributed by atoms with Gasteiger partial charge in [0.15, 0.2) is 0 Å². The van der Waals surface area contributed by atoms with E-state index in [1.807, 2.05) is 48.5 Å². The Bertz CT molecular complexity index is 756. The highest BCUT2D eigenvalue weighted by atomic mass is 16.4. The number of rotatable bonds is 4. The first-order valence-electron chi connectivity index (χ1n) is 7.31. The topological polar surface area (TPSA) is 60.9 Å². The first-order valence-corrected chi connectivity index (χ1v) is 7.31. The van der Waals surface area contributed by atoms with Crippen LogP contribution < -0.4 is 9.80 Å². The summed E-state index contributed by atoms with van der Waals surface area (Å²) in [7, 11) is 0. The van der Waals surface area contributed by atoms with Crippen LogP contribution >= 0.6 is 0 Å². The molecule has 1 fully saturated rings. The van der Waals surface area contributed by atoms with Crippen molar-refractivity contribution in [2.45, 2.75) is 0 Å². The Morgan fingerprint density at radius 1 is 0.957 bits per heavy atom. The number of para-hydroxylation sites is 2. The third kappa shape index (κ3) is 3.08. The average Bonchev–Trinajstić information content (AvgIpc) is 2.95. The van der Waals surface area contributed by atoms with Crippen molar-refractivity contribution >= 4 is 29.5 Å². The van der Waals surface area contributed by atoms with Crippen molar-refractivity contribution in [3.63, 3.8) is 0 Å². The number of anilines is 2. The molecule has 1 aliphatic rings. The van der Waals surface area contributed by atoms with Crippen molar-refractivity contribution in [1.29, 1.82) is 0 Å². The maximum Gasteiger partial charge on any atom is 0.329 e. The minimum atomic E-state index is -1.02. The van der Waals surface area contributed by atoms with Gasteiger partial charge in [-0.2, -0.15) is 0 Å². The van der Waals surface area contributed by atoms with Gasteiger partial charge in [0.1, 0.15) is 0 Å². The van der Waals surface area contributed by atoms with Crippen molar-refractivity contribution in [2.75, 3.05) is 22.9 Å². The van der Waals surface area contributed by atoms with Crippen LogP contribution in [0.5, 0.6) is 0 Å². The Kier molecular flexibility index (Phi) is 4.10. The van der Waals surface area contributed by atoms with Gasteiger partial charge < -0.3 is 5.11 Å². The third-order valence-electron chi connectivity index (χ3n) is 3.71. The average molecular weight is 308 g/mol. The Hall–Kier alpha value is -3.08. The molecule has 2 amide bonds. The summed E-state index contributed by atoms with van der Waals surface area (Å²) in [5, 5.41) is 8.80. The highest BCUT2D eigenvalue weighted by Gasteiger charge is 2.31. The van der Waals surface area contributed by atoms with Crippen LogP contribution in [0.2, 0.25) is 0 Å². The van der Waals surface area contributed by atoms with Crippen molar-refractivity contribution < 1.29 is 14.7 Å². The van der Waals surface area contributed by atoms with Crippen LogP contribution in [0.4, 0.5) is 16.2 Å². The lowest BCUT2D eigenvalue weighted by atomic mass is 10.1. The summed E-state index contributed by atoms with van der Waals surface area (Å²) >= 11 is 0. The van der Waals surface area contributed by atoms with Gasteiger partial charge in [-0.1, -0.05) is 36.4 Å². The normalized spacial score (nSPS) is 14.7. The molecular weight excluding hydrogens is 292 g/mol. The number of aliphatic carboxylic acids is 1. The van der Waals surface area contributed by atoms with Gasteiger partial charge >= 0.3 is 12.0 Å². The summed E-state index contributed by atoms with van der Waals surface area (Å²) in [6, 6.07) is 16.7. The summed E-state index contributed by atoms with van der Waals surface area (Å²) in [6.45, 7) is 1.16. The molecule has 0 aliphatic carbocycles. The number of carbonyl (C=O) groups excluding carboxylic acids is 1. The van der Waals surface area contributed by atoms with Gasteiger partial charge in [-0.25, -0.2) is 9.59 Å². The Balaban J connectivity index is 1.89. The lowest BCUT2D eigenvalue weighted by molar-refractivity contribution is -0.131. The first kappa shape index (κ1) is 14.8. The molecule has 0 aromatic heterocycles. The number of hydrogen-bond acceptors (Lipinski definition) is 2. The number of amides is 2. The Labute approximate surface area is 134 Å². The monoisotopic (exact) mass is 308 g/mol. The predicted molar refractivity (Wildman–Crippen MR) is 89.6 cm³/mol.